The fraction of sp³-hybridized carbons (Fsp3) is 0.562. The highest BCUT2D eigenvalue weighted by atomic mass is 35.5. The van der Waals surface area contributed by atoms with E-state index in [2.05, 4.69) is 22.0 Å². The molecule has 1 N–H and O–H groups in total. The maximum absolute atomic E-state index is 12.2. The maximum atomic E-state index is 12.2. The smallest absolute Gasteiger partial charge is 0.238 e. The molecule has 2 rings (SSSR count). The first-order chi connectivity index (χ1) is 10.6. The predicted molar refractivity (Wildman–Crippen MR) is 92.9 cm³/mol. The van der Waals surface area contributed by atoms with Gasteiger partial charge >= 0.3 is 0 Å². The van der Waals surface area contributed by atoms with Gasteiger partial charge in [-0.1, -0.05) is 30.1 Å². The second-order valence-corrected chi connectivity index (χ2v) is 6.55. The first-order valence-electron chi connectivity index (χ1n) is 7.77. The summed E-state index contributed by atoms with van der Waals surface area (Å²) in [6.07, 6.45) is 2.28. The Hall–Kier alpha value is -0.810. The molecule has 1 saturated heterocycles. The largest absolute Gasteiger partial charge is 0.325 e. The zero-order valence-electron chi connectivity index (χ0n) is 12.9. The first-order valence-corrected chi connectivity index (χ1v) is 8.53. The van der Waals surface area contributed by atoms with Gasteiger partial charge in [-0.05, 0) is 50.7 Å². The monoisotopic (exact) mass is 343 g/mol. The van der Waals surface area contributed by atoms with Crippen molar-refractivity contribution in [3.8, 4) is 0 Å². The molecule has 1 amide bonds. The molecule has 0 radical (unpaired) electrons. The predicted octanol–water partition coefficient (Wildman–Crippen LogP) is 3.35. The number of anilines is 1. The molecule has 1 heterocycles. The molecular formula is C16H23Cl2N3O. The van der Waals surface area contributed by atoms with Crippen LogP contribution in [0.1, 0.15) is 19.8 Å². The van der Waals surface area contributed by atoms with Crippen LogP contribution in [0.2, 0.25) is 10.0 Å². The molecule has 0 saturated carbocycles. The Bertz CT molecular complexity index is 490. The van der Waals surface area contributed by atoms with Crippen LogP contribution in [0.3, 0.4) is 0 Å². The Kier molecular flexibility index (Phi) is 6.96. The lowest BCUT2D eigenvalue weighted by Crippen LogP contribution is -2.36. The van der Waals surface area contributed by atoms with Gasteiger partial charge in [-0.15, -0.1) is 0 Å². The Morgan fingerprint density at radius 1 is 1.09 bits per heavy atom. The molecule has 1 fully saturated rings. The summed E-state index contributed by atoms with van der Waals surface area (Å²) in [5, 5.41) is 3.91. The zero-order chi connectivity index (χ0) is 15.9. The van der Waals surface area contributed by atoms with E-state index in [4.69, 9.17) is 23.2 Å². The number of halogens is 2. The Morgan fingerprint density at radius 3 is 2.41 bits per heavy atom. The van der Waals surface area contributed by atoms with Crippen LogP contribution in [0.4, 0.5) is 5.69 Å². The van der Waals surface area contributed by atoms with Crippen LogP contribution in [0.25, 0.3) is 0 Å². The van der Waals surface area contributed by atoms with Gasteiger partial charge in [-0.2, -0.15) is 0 Å². The molecule has 6 heteroatoms. The second-order valence-electron chi connectivity index (χ2n) is 5.68. The highest BCUT2D eigenvalue weighted by molar-refractivity contribution is 6.35. The number of nitrogens with one attached hydrogen (secondary N) is 1. The van der Waals surface area contributed by atoms with Gasteiger partial charge in [0.2, 0.25) is 5.91 Å². The molecule has 0 atom stereocenters. The van der Waals surface area contributed by atoms with Crippen molar-refractivity contribution in [3.05, 3.63) is 28.2 Å². The number of hydrogen-bond acceptors (Lipinski definition) is 3. The first kappa shape index (κ1) is 17.5. The van der Waals surface area contributed by atoms with Crippen molar-refractivity contribution in [2.45, 2.75) is 19.8 Å². The van der Waals surface area contributed by atoms with Gasteiger partial charge in [0.15, 0.2) is 0 Å². The maximum Gasteiger partial charge on any atom is 0.238 e. The summed E-state index contributed by atoms with van der Waals surface area (Å²) in [4.78, 5) is 16.8. The van der Waals surface area contributed by atoms with Crippen LogP contribution in [0.5, 0.6) is 0 Å². The molecule has 1 aliphatic rings. The van der Waals surface area contributed by atoms with E-state index < -0.39 is 0 Å². The summed E-state index contributed by atoms with van der Waals surface area (Å²) >= 11 is 11.9. The number of amides is 1. The van der Waals surface area contributed by atoms with Crippen molar-refractivity contribution in [1.82, 2.24) is 9.80 Å². The fourth-order valence-electron chi connectivity index (χ4n) is 2.75. The molecule has 1 aromatic rings. The van der Waals surface area contributed by atoms with E-state index in [9.17, 15) is 4.79 Å². The minimum atomic E-state index is -0.0257. The van der Waals surface area contributed by atoms with E-state index in [0.29, 0.717) is 22.3 Å². The average Bonchev–Trinajstić information content (AvgIpc) is 2.63. The van der Waals surface area contributed by atoms with Crippen LogP contribution in [0.15, 0.2) is 18.2 Å². The SMILES string of the molecule is CCCN1CCCN(CC(=O)Nc2cc(Cl)cc(Cl)c2)CC1. The lowest BCUT2D eigenvalue weighted by Gasteiger charge is -2.21. The number of hydrogen-bond donors (Lipinski definition) is 1. The zero-order valence-corrected chi connectivity index (χ0v) is 14.5. The fourth-order valence-corrected chi connectivity index (χ4v) is 3.28. The second kappa shape index (κ2) is 8.73. The van der Waals surface area contributed by atoms with Crippen LogP contribution in [0, 0.1) is 0 Å². The van der Waals surface area contributed by atoms with Gasteiger partial charge < -0.3 is 10.2 Å². The van der Waals surface area contributed by atoms with Crippen molar-refractivity contribution < 1.29 is 4.79 Å². The van der Waals surface area contributed by atoms with Crippen LogP contribution >= 0.6 is 23.2 Å². The van der Waals surface area contributed by atoms with Gasteiger partial charge in [0, 0.05) is 28.8 Å². The number of carbonyl (C=O) groups excluding carboxylic acids is 1. The lowest BCUT2D eigenvalue weighted by molar-refractivity contribution is -0.117. The van der Waals surface area contributed by atoms with Crippen molar-refractivity contribution >= 4 is 34.8 Å². The van der Waals surface area contributed by atoms with E-state index in [1.54, 1.807) is 18.2 Å². The van der Waals surface area contributed by atoms with Crippen LogP contribution in [-0.4, -0.2) is 55.0 Å². The number of benzene rings is 1. The summed E-state index contributed by atoms with van der Waals surface area (Å²) in [6, 6.07) is 5.06. The van der Waals surface area contributed by atoms with Crippen molar-refractivity contribution in [1.29, 1.82) is 0 Å². The van der Waals surface area contributed by atoms with Crippen LogP contribution < -0.4 is 5.32 Å². The minimum Gasteiger partial charge on any atom is -0.325 e. The standard InChI is InChI=1S/C16H23Cl2N3O/c1-2-4-20-5-3-6-21(8-7-20)12-16(22)19-15-10-13(17)9-14(18)11-15/h9-11H,2-8,12H2,1H3,(H,19,22). The van der Waals surface area contributed by atoms with Gasteiger partial charge in [0.1, 0.15) is 0 Å². The summed E-state index contributed by atoms with van der Waals surface area (Å²) in [6.45, 7) is 7.80. The summed E-state index contributed by atoms with van der Waals surface area (Å²) in [7, 11) is 0. The average molecular weight is 344 g/mol. The number of nitrogens with zero attached hydrogens (tertiary/aromatic N) is 2. The van der Waals surface area contributed by atoms with Gasteiger partial charge in [-0.25, -0.2) is 0 Å². The van der Waals surface area contributed by atoms with Crippen molar-refractivity contribution in [2.75, 3.05) is 44.6 Å². The molecule has 22 heavy (non-hydrogen) atoms. The summed E-state index contributed by atoms with van der Waals surface area (Å²) in [5.41, 5.74) is 0.643. The Balaban J connectivity index is 1.84. The Labute approximate surface area is 142 Å². The van der Waals surface area contributed by atoms with Gasteiger partial charge in [-0.3, -0.25) is 9.69 Å². The molecule has 4 nitrogen and oxygen atoms in total. The van der Waals surface area contributed by atoms with E-state index in [0.717, 1.165) is 39.1 Å². The van der Waals surface area contributed by atoms with E-state index in [1.165, 1.54) is 6.42 Å². The van der Waals surface area contributed by atoms with Crippen LogP contribution in [-0.2, 0) is 4.79 Å². The molecule has 0 spiro atoms. The topological polar surface area (TPSA) is 35.6 Å². The lowest BCUT2D eigenvalue weighted by atomic mass is 10.3. The van der Waals surface area contributed by atoms with Crippen molar-refractivity contribution in [2.24, 2.45) is 0 Å². The van der Waals surface area contributed by atoms with E-state index >= 15 is 0 Å². The third kappa shape index (κ3) is 5.76. The van der Waals surface area contributed by atoms with Crippen molar-refractivity contribution in [3.63, 3.8) is 0 Å². The molecule has 1 aliphatic heterocycles. The molecule has 122 valence electrons. The molecule has 0 aliphatic carbocycles. The number of carbonyl (C=O) groups is 1. The molecule has 0 unspecified atom stereocenters. The summed E-state index contributed by atoms with van der Waals surface area (Å²) < 4.78 is 0. The summed E-state index contributed by atoms with van der Waals surface area (Å²) in [5.74, 6) is -0.0257. The molecule has 0 bridgehead atoms. The highest BCUT2D eigenvalue weighted by Gasteiger charge is 2.16. The third-order valence-corrected chi connectivity index (χ3v) is 4.17. The third-order valence-electron chi connectivity index (χ3n) is 3.73. The van der Waals surface area contributed by atoms with Gasteiger partial charge in [0.05, 0.1) is 6.54 Å². The Morgan fingerprint density at radius 2 is 1.73 bits per heavy atom. The van der Waals surface area contributed by atoms with E-state index in [-0.39, 0.29) is 5.91 Å². The normalized spacial score (nSPS) is 17.2. The minimum absolute atomic E-state index is 0.0257. The quantitative estimate of drug-likeness (QED) is 0.890. The highest BCUT2D eigenvalue weighted by Crippen LogP contribution is 2.22. The molecular weight excluding hydrogens is 321 g/mol. The number of rotatable bonds is 5. The van der Waals surface area contributed by atoms with E-state index in [1.807, 2.05) is 0 Å². The van der Waals surface area contributed by atoms with Gasteiger partial charge in [0.25, 0.3) is 0 Å². The molecule has 0 aromatic heterocycles. The molecule has 1 aromatic carbocycles.